The molecule has 0 bridgehead atoms. The van der Waals surface area contributed by atoms with Crippen LogP contribution in [-0.4, -0.2) is 20.9 Å². The predicted molar refractivity (Wildman–Crippen MR) is 65.7 cm³/mol. The molecular weight excluding hydrogens is 254 g/mol. The normalized spacial score (nSPS) is 25.4. The van der Waals surface area contributed by atoms with Gasteiger partial charge in [-0.25, -0.2) is 4.79 Å². The number of alkyl halides is 2. The van der Waals surface area contributed by atoms with Crippen LogP contribution in [0.25, 0.3) is 0 Å². The zero-order chi connectivity index (χ0) is 14.7. The Morgan fingerprint density at radius 3 is 2.32 bits per heavy atom. The Morgan fingerprint density at radius 2 is 1.89 bits per heavy atom. The summed E-state index contributed by atoms with van der Waals surface area (Å²) in [5.41, 5.74) is -0.996. The van der Waals surface area contributed by atoms with Crippen molar-refractivity contribution in [1.29, 1.82) is 0 Å². The maximum Gasteiger partial charge on any atom is 0.356 e. The summed E-state index contributed by atoms with van der Waals surface area (Å²) < 4.78 is 30.0. The molecule has 4 nitrogen and oxygen atoms in total. The van der Waals surface area contributed by atoms with Crippen molar-refractivity contribution in [3.8, 4) is 0 Å². The molecule has 0 saturated heterocycles. The molecular formula is C13H18F2N2O2. The van der Waals surface area contributed by atoms with E-state index in [1.807, 2.05) is 0 Å². The van der Waals surface area contributed by atoms with Crippen LogP contribution in [0.2, 0.25) is 0 Å². The summed E-state index contributed by atoms with van der Waals surface area (Å²) in [6.45, 7) is 8.27. The lowest BCUT2D eigenvalue weighted by atomic mass is 9.94. The fraction of sp³-hybridized carbons (Fsp3) is 0.692. The number of halogens is 2. The molecule has 0 radical (unpaired) electrons. The minimum absolute atomic E-state index is 0.180. The van der Waals surface area contributed by atoms with Crippen molar-refractivity contribution >= 4 is 5.97 Å². The van der Waals surface area contributed by atoms with Gasteiger partial charge in [0.1, 0.15) is 5.69 Å². The molecule has 1 aromatic heterocycles. The van der Waals surface area contributed by atoms with Gasteiger partial charge in [0.2, 0.25) is 0 Å². The number of rotatable bonds is 1. The Bertz CT molecular complexity index is 544. The minimum atomic E-state index is -3.05. The molecule has 1 aliphatic carbocycles. The Kier molecular flexibility index (Phi) is 2.77. The van der Waals surface area contributed by atoms with Crippen LogP contribution in [-0.2, 0) is 11.5 Å². The van der Waals surface area contributed by atoms with Crippen LogP contribution in [0.4, 0.5) is 8.78 Å². The van der Waals surface area contributed by atoms with Gasteiger partial charge in [-0.2, -0.15) is 13.9 Å². The van der Waals surface area contributed by atoms with Crippen molar-refractivity contribution in [2.45, 2.75) is 52.0 Å². The van der Waals surface area contributed by atoms with Crippen LogP contribution in [0.15, 0.2) is 0 Å². The largest absolute Gasteiger partial charge is 0.476 e. The number of aromatic nitrogens is 2. The predicted octanol–water partition coefficient (Wildman–Crippen LogP) is 3.18. The molecule has 0 saturated carbocycles. The molecule has 2 rings (SSSR count). The lowest BCUT2D eigenvalue weighted by Crippen LogP contribution is -2.31. The molecule has 0 fully saturated rings. The fourth-order valence-electron chi connectivity index (χ4n) is 2.61. The number of carboxylic acid groups (broad SMARTS) is 1. The third-order valence-corrected chi connectivity index (χ3v) is 3.85. The molecule has 6 heteroatoms. The SMILES string of the molecule is C[C@@H]1c2c(C(=O)O)nn(C(C)(C)C)c2C(F)(F)[C@@H]1C. The third-order valence-electron chi connectivity index (χ3n) is 3.85. The highest BCUT2D eigenvalue weighted by atomic mass is 19.3. The highest BCUT2D eigenvalue weighted by molar-refractivity contribution is 5.88. The topological polar surface area (TPSA) is 55.1 Å². The molecule has 0 spiro atoms. The second kappa shape index (κ2) is 3.77. The number of aromatic carboxylic acids is 1. The maximum absolute atomic E-state index is 14.4. The van der Waals surface area contributed by atoms with E-state index in [-0.39, 0.29) is 17.0 Å². The number of hydrogen-bond acceptors (Lipinski definition) is 2. The Hall–Kier alpha value is -1.46. The number of carboxylic acids is 1. The van der Waals surface area contributed by atoms with E-state index in [4.69, 9.17) is 0 Å². The second-order valence-corrected chi connectivity index (χ2v) is 6.20. The first-order valence-corrected chi connectivity index (χ1v) is 6.24. The van der Waals surface area contributed by atoms with E-state index < -0.39 is 29.3 Å². The average molecular weight is 272 g/mol. The fourth-order valence-corrected chi connectivity index (χ4v) is 2.61. The highest BCUT2D eigenvalue weighted by Gasteiger charge is 2.56. The molecule has 2 atom stereocenters. The van der Waals surface area contributed by atoms with E-state index in [1.54, 1.807) is 27.7 Å². The van der Waals surface area contributed by atoms with Gasteiger partial charge in [0.15, 0.2) is 5.69 Å². The highest BCUT2D eigenvalue weighted by Crippen LogP contribution is 2.54. The van der Waals surface area contributed by atoms with Crippen LogP contribution in [0, 0.1) is 5.92 Å². The average Bonchev–Trinajstić information content (AvgIpc) is 2.72. The van der Waals surface area contributed by atoms with E-state index >= 15 is 0 Å². The van der Waals surface area contributed by atoms with Crippen molar-refractivity contribution < 1.29 is 18.7 Å². The maximum atomic E-state index is 14.4. The second-order valence-electron chi connectivity index (χ2n) is 6.20. The third kappa shape index (κ3) is 1.76. The monoisotopic (exact) mass is 272 g/mol. The number of hydrogen-bond donors (Lipinski definition) is 1. The quantitative estimate of drug-likeness (QED) is 0.854. The lowest BCUT2D eigenvalue weighted by molar-refractivity contribution is -0.0614. The first-order chi connectivity index (χ1) is 8.49. The van der Waals surface area contributed by atoms with Crippen LogP contribution in [0.3, 0.4) is 0 Å². The molecule has 1 heterocycles. The van der Waals surface area contributed by atoms with Crippen LogP contribution >= 0.6 is 0 Å². The van der Waals surface area contributed by atoms with E-state index in [9.17, 15) is 18.7 Å². The molecule has 0 unspecified atom stereocenters. The van der Waals surface area contributed by atoms with Crippen molar-refractivity contribution in [2.75, 3.05) is 0 Å². The van der Waals surface area contributed by atoms with Crippen molar-refractivity contribution in [3.05, 3.63) is 17.0 Å². The van der Waals surface area contributed by atoms with Gasteiger partial charge in [-0.3, -0.25) is 4.68 Å². The van der Waals surface area contributed by atoms with E-state index in [2.05, 4.69) is 5.10 Å². The summed E-state index contributed by atoms with van der Waals surface area (Å²) in [4.78, 5) is 11.2. The zero-order valence-electron chi connectivity index (χ0n) is 11.7. The summed E-state index contributed by atoms with van der Waals surface area (Å²) in [5.74, 6) is -5.75. The van der Waals surface area contributed by atoms with Crippen molar-refractivity contribution in [2.24, 2.45) is 5.92 Å². The minimum Gasteiger partial charge on any atom is -0.476 e. The zero-order valence-corrected chi connectivity index (χ0v) is 11.7. The molecule has 0 aromatic carbocycles. The summed E-state index contributed by atoms with van der Waals surface area (Å²) >= 11 is 0. The van der Waals surface area contributed by atoms with Gasteiger partial charge in [0.25, 0.3) is 5.92 Å². The molecule has 0 amide bonds. The molecule has 0 aliphatic heterocycles. The first kappa shape index (κ1) is 14.0. The van der Waals surface area contributed by atoms with Gasteiger partial charge in [0.05, 0.1) is 5.54 Å². The van der Waals surface area contributed by atoms with E-state index in [0.717, 1.165) is 0 Å². The summed E-state index contributed by atoms with van der Waals surface area (Å²) in [6.07, 6.45) is 0. The Balaban J connectivity index is 2.81. The number of carbonyl (C=O) groups is 1. The van der Waals surface area contributed by atoms with Gasteiger partial charge in [0, 0.05) is 11.5 Å². The van der Waals surface area contributed by atoms with Gasteiger partial charge in [-0.1, -0.05) is 13.8 Å². The lowest BCUT2D eigenvalue weighted by Gasteiger charge is -2.26. The van der Waals surface area contributed by atoms with Crippen molar-refractivity contribution in [3.63, 3.8) is 0 Å². The Morgan fingerprint density at radius 1 is 1.37 bits per heavy atom. The molecule has 1 aromatic rings. The summed E-state index contributed by atoms with van der Waals surface area (Å²) in [7, 11) is 0. The van der Waals surface area contributed by atoms with E-state index in [1.165, 1.54) is 11.6 Å². The van der Waals surface area contributed by atoms with Crippen LogP contribution in [0.1, 0.15) is 62.3 Å². The van der Waals surface area contributed by atoms with Gasteiger partial charge >= 0.3 is 5.97 Å². The molecule has 19 heavy (non-hydrogen) atoms. The van der Waals surface area contributed by atoms with Gasteiger partial charge in [-0.05, 0) is 26.7 Å². The number of fused-ring (bicyclic) bond motifs is 1. The van der Waals surface area contributed by atoms with E-state index in [0.29, 0.717) is 0 Å². The van der Waals surface area contributed by atoms with Crippen molar-refractivity contribution in [1.82, 2.24) is 9.78 Å². The van der Waals surface area contributed by atoms with Crippen LogP contribution < -0.4 is 0 Å². The molecule has 1 aliphatic rings. The molecule has 1 N–H and O–H groups in total. The smallest absolute Gasteiger partial charge is 0.356 e. The number of nitrogens with zero attached hydrogens (tertiary/aromatic N) is 2. The van der Waals surface area contributed by atoms with Gasteiger partial charge in [-0.15, -0.1) is 0 Å². The van der Waals surface area contributed by atoms with Crippen LogP contribution in [0.5, 0.6) is 0 Å². The molecule has 106 valence electrons. The Labute approximate surface area is 110 Å². The first-order valence-electron chi connectivity index (χ1n) is 6.24. The van der Waals surface area contributed by atoms with Gasteiger partial charge < -0.3 is 5.11 Å². The summed E-state index contributed by atoms with van der Waals surface area (Å²) in [6, 6.07) is 0. The summed E-state index contributed by atoms with van der Waals surface area (Å²) in [5, 5.41) is 13.1. The standard InChI is InChI=1S/C13H18F2N2O2/c1-6-7(2)13(14,15)10-8(6)9(11(18)19)16-17(10)12(3,4)5/h6-7H,1-5H3,(H,18,19)/t6-,7+/m0/s1.